The Bertz CT molecular complexity index is 594. The number of fused-ring (bicyclic) bond motifs is 1. The Kier molecular flexibility index (Phi) is 3.22. The van der Waals surface area contributed by atoms with E-state index in [-0.39, 0.29) is 0 Å². The van der Waals surface area contributed by atoms with Gasteiger partial charge in [0.1, 0.15) is 0 Å². The van der Waals surface area contributed by atoms with Crippen molar-refractivity contribution in [1.82, 2.24) is 14.5 Å². The Labute approximate surface area is 110 Å². The van der Waals surface area contributed by atoms with Crippen LogP contribution in [0, 0.1) is 11.6 Å². The number of halogens is 2. The molecule has 0 spiro atoms. The Morgan fingerprint density at radius 3 is 2.89 bits per heavy atom. The van der Waals surface area contributed by atoms with Gasteiger partial charge in [0.15, 0.2) is 11.6 Å². The van der Waals surface area contributed by atoms with E-state index >= 15 is 0 Å². The number of nitrogens with zero attached hydrogens (tertiary/aromatic N) is 3. The summed E-state index contributed by atoms with van der Waals surface area (Å²) in [5.41, 5.74) is 1.20. The molecule has 1 fully saturated rings. The molecule has 0 aliphatic carbocycles. The van der Waals surface area contributed by atoms with Gasteiger partial charge in [-0.25, -0.2) is 13.8 Å². The molecule has 2 heterocycles. The van der Waals surface area contributed by atoms with Gasteiger partial charge in [-0.2, -0.15) is 0 Å². The average Bonchev–Trinajstić information content (AvgIpc) is 2.82. The molecule has 0 radical (unpaired) electrons. The maximum absolute atomic E-state index is 13.4. The van der Waals surface area contributed by atoms with E-state index in [1.165, 1.54) is 12.1 Å². The van der Waals surface area contributed by atoms with Gasteiger partial charge in [-0.05, 0) is 25.9 Å². The van der Waals surface area contributed by atoms with Crippen molar-refractivity contribution in [3.8, 4) is 0 Å². The maximum atomic E-state index is 13.4. The summed E-state index contributed by atoms with van der Waals surface area (Å²) < 4.78 is 28.6. The zero-order valence-corrected chi connectivity index (χ0v) is 10.9. The fraction of sp³-hybridized carbons (Fsp3) is 0.500. The molecule has 19 heavy (non-hydrogen) atoms. The lowest BCUT2D eigenvalue weighted by Crippen LogP contribution is -2.36. The summed E-state index contributed by atoms with van der Waals surface area (Å²) in [6.07, 6.45) is 3.89. The van der Waals surface area contributed by atoms with Crippen molar-refractivity contribution in [2.75, 3.05) is 19.6 Å². The van der Waals surface area contributed by atoms with Crippen molar-refractivity contribution in [2.45, 2.75) is 25.8 Å². The second-order valence-electron chi connectivity index (χ2n) is 5.10. The van der Waals surface area contributed by atoms with Crippen molar-refractivity contribution >= 4 is 11.0 Å². The Morgan fingerprint density at radius 1 is 1.32 bits per heavy atom. The first-order valence-corrected chi connectivity index (χ1v) is 6.73. The smallest absolute Gasteiger partial charge is 0.161 e. The maximum Gasteiger partial charge on any atom is 0.161 e. The quantitative estimate of drug-likeness (QED) is 0.832. The summed E-state index contributed by atoms with van der Waals surface area (Å²) in [6.45, 7) is 5.22. The van der Waals surface area contributed by atoms with Gasteiger partial charge < -0.3 is 9.47 Å². The van der Waals surface area contributed by atoms with Crippen LogP contribution >= 0.6 is 0 Å². The number of rotatable bonds is 2. The average molecular weight is 265 g/mol. The van der Waals surface area contributed by atoms with Gasteiger partial charge in [-0.15, -0.1) is 0 Å². The summed E-state index contributed by atoms with van der Waals surface area (Å²) in [4.78, 5) is 6.56. The largest absolute Gasteiger partial charge is 0.326 e. The first-order valence-electron chi connectivity index (χ1n) is 6.73. The van der Waals surface area contributed by atoms with Crippen LogP contribution in [0.1, 0.15) is 25.8 Å². The lowest BCUT2D eigenvalue weighted by Gasteiger charge is -2.32. The number of likely N-dealkylation sites (N-methyl/N-ethyl adjacent to an activating group) is 1. The van der Waals surface area contributed by atoms with E-state index in [2.05, 4.69) is 16.8 Å². The molecule has 1 saturated heterocycles. The van der Waals surface area contributed by atoms with E-state index in [4.69, 9.17) is 0 Å². The summed E-state index contributed by atoms with van der Waals surface area (Å²) in [5, 5.41) is 0. The predicted octanol–water partition coefficient (Wildman–Crippen LogP) is 2.97. The highest BCUT2D eigenvalue weighted by molar-refractivity contribution is 5.75. The van der Waals surface area contributed by atoms with Gasteiger partial charge in [0.25, 0.3) is 0 Å². The van der Waals surface area contributed by atoms with Crippen LogP contribution in [0.4, 0.5) is 8.78 Å². The first-order chi connectivity index (χ1) is 9.19. The van der Waals surface area contributed by atoms with Crippen molar-refractivity contribution in [2.24, 2.45) is 0 Å². The molecule has 0 N–H and O–H groups in total. The van der Waals surface area contributed by atoms with E-state index in [0.29, 0.717) is 17.1 Å². The van der Waals surface area contributed by atoms with Gasteiger partial charge in [0.2, 0.25) is 0 Å². The van der Waals surface area contributed by atoms with Crippen LogP contribution in [-0.2, 0) is 0 Å². The predicted molar refractivity (Wildman–Crippen MR) is 70.0 cm³/mol. The lowest BCUT2D eigenvalue weighted by molar-refractivity contribution is 0.187. The van der Waals surface area contributed by atoms with Crippen LogP contribution in [0.3, 0.4) is 0 Å². The van der Waals surface area contributed by atoms with Crippen LogP contribution in [0.15, 0.2) is 18.5 Å². The summed E-state index contributed by atoms with van der Waals surface area (Å²) >= 11 is 0. The van der Waals surface area contributed by atoms with Crippen LogP contribution in [0.5, 0.6) is 0 Å². The molecular formula is C14H17F2N3. The highest BCUT2D eigenvalue weighted by Gasteiger charge is 2.22. The number of piperidine rings is 1. The number of likely N-dealkylation sites (tertiary alicyclic amines) is 1. The molecule has 1 unspecified atom stereocenters. The normalized spacial score (nSPS) is 21.1. The Balaban J connectivity index is 1.98. The summed E-state index contributed by atoms with van der Waals surface area (Å²) in [7, 11) is 0. The molecule has 2 aromatic rings. The molecule has 1 aromatic heterocycles. The van der Waals surface area contributed by atoms with E-state index in [9.17, 15) is 8.78 Å². The number of hydrogen-bond donors (Lipinski definition) is 0. The molecule has 5 heteroatoms. The molecule has 1 atom stereocenters. The topological polar surface area (TPSA) is 21.1 Å². The van der Waals surface area contributed by atoms with Crippen LogP contribution in [0.2, 0.25) is 0 Å². The van der Waals surface area contributed by atoms with Crippen molar-refractivity contribution in [1.29, 1.82) is 0 Å². The van der Waals surface area contributed by atoms with Gasteiger partial charge in [-0.3, -0.25) is 0 Å². The minimum Gasteiger partial charge on any atom is -0.326 e. The minimum atomic E-state index is -0.837. The van der Waals surface area contributed by atoms with Crippen LogP contribution < -0.4 is 0 Å². The monoisotopic (exact) mass is 265 g/mol. The second-order valence-corrected chi connectivity index (χ2v) is 5.10. The molecule has 1 aliphatic rings. The third kappa shape index (κ3) is 2.23. The van der Waals surface area contributed by atoms with E-state index < -0.39 is 11.6 Å². The number of aromatic nitrogens is 2. The standard InChI is InChI=1S/C14H17F2N3/c1-2-18-5-3-4-10(8-18)19-9-17-13-6-11(15)12(16)7-14(13)19/h6-7,9-10H,2-5,8H2,1H3. The third-order valence-electron chi connectivity index (χ3n) is 3.94. The van der Waals surface area contributed by atoms with E-state index in [1.807, 2.05) is 4.57 Å². The van der Waals surface area contributed by atoms with Gasteiger partial charge >= 0.3 is 0 Å². The molecule has 3 nitrogen and oxygen atoms in total. The lowest BCUT2D eigenvalue weighted by atomic mass is 10.1. The molecule has 0 amide bonds. The summed E-state index contributed by atoms with van der Waals surface area (Å²) in [6, 6.07) is 2.72. The van der Waals surface area contributed by atoms with Crippen LogP contribution in [0.25, 0.3) is 11.0 Å². The van der Waals surface area contributed by atoms with E-state index in [0.717, 1.165) is 32.5 Å². The fourth-order valence-electron chi connectivity index (χ4n) is 2.86. The Morgan fingerprint density at radius 2 is 2.11 bits per heavy atom. The summed E-state index contributed by atoms with van der Waals surface area (Å²) in [5.74, 6) is -1.64. The highest BCUT2D eigenvalue weighted by atomic mass is 19.2. The number of benzene rings is 1. The van der Waals surface area contributed by atoms with E-state index in [1.54, 1.807) is 6.33 Å². The molecule has 0 bridgehead atoms. The molecule has 1 aliphatic heterocycles. The minimum absolute atomic E-state index is 0.295. The number of hydrogen-bond acceptors (Lipinski definition) is 2. The number of imidazole rings is 1. The molecule has 1 aromatic carbocycles. The second kappa shape index (κ2) is 4.89. The van der Waals surface area contributed by atoms with Crippen molar-refractivity contribution in [3.05, 3.63) is 30.1 Å². The first kappa shape index (κ1) is 12.5. The zero-order chi connectivity index (χ0) is 13.4. The fourth-order valence-corrected chi connectivity index (χ4v) is 2.86. The molecular weight excluding hydrogens is 248 g/mol. The van der Waals surface area contributed by atoms with Crippen LogP contribution in [-0.4, -0.2) is 34.1 Å². The van der Waals surface area contributed by atoms with Crippen molar-refractivity contribution < 1.29 is 8.78 Å². The third-order valence-corrected chi connectivity index (χ3v) is 3.94. The van der Waals surface area contributed by atoms with Gasteiger partial charge in [0.05, 0.1) is 17.4 Å². The van der Waals surface area contributed by atoms with Gasteiger partial charge in [0, 0.05) is 24.7 Å². The van der Waals surface area contributed by atoms with Crippen molar-refractivity contribution in [3.63, 3.8) is 0 Å². The zero-order valence-electron chi connectivity index (χ0n) is 10.9. The highest BCUT2D eigenvalue weighted by Crippen LogP contribution is 2.26. The molecule has 0 saturated carbocycles. The molecule has 3 rings (SSSR count). The SMILES string of the molecule is CCN1CCCC(n2cnc3cc(F)c(F)cc32)C1. The molecule has 102 valence electrons. The van der Waals surface area contributed by atoms with Gasteiger partial charge in [-0.1, -0.05) is 6.92 Å². The Hall–Kier alpha value is -1.49.